The third-order valence-electron chi connectivity index (χ3n) is 4.54. The molecule has 0 aliphatic heterocycles. The van der Waals surface area contributed by atoms with E-state index in [1.165, 1.54) is 32.1 Å². The largest absolute Gasteiger partial charge is 0.393 e. The normalized spacial score (nSPS) is 36.4. The van der Waals surface area contributed by atoms with Crippen molar-refractivity contribution in [3.63, 3.8) is 0 Å². The number of hydrogen-bond donors (Lipinski definition) is 1. The van der Waals surface area contributed by atoms with E-state index in [1.54, 1.807) is 0 Å². The second kappa shape index (κ2) is 4.86. The van der Waals surface area contributed by atoms with Crippen LogP contribution >= 0.6 is 0 Å². The van der Waals surface area contributed by atoms with Gasteiger partial charge in [-0.25, -0.2) is 0 Å². The Balaban J connectivity index is 1.68. The molecular formula is C14H26O. The molecule has 15 heavy (non-hydrogen) atoms. The summed E-state index contributed by atoms with van der Waals surface area (Å²) in [5, 5.41) is 9.99. The SMILES string of the molecule is CC(C)CCC(O)CC1CC2CCC1C2. The molecule has 2 rings (SSSR count). The zero-order valence-corrected chi connectivity index (χ0v) is 10.3. The minimum absolute atomic E-state index is 0.0169. The van der Waals surface area contributed by atoms with Gasteiger partial charge in [0.2, 0.25) is 0 Å². The molecule has 1 nitrogen and oxygen atoms in total. The van der Waals surface area contributed by atoms with Crippen LogP contribution in [0.4, 0.5) is 0 Å². The molecule has 4 atom stereocenters. The number of rotatable bonds is 5. The monoisotopic (exact) mass is 210 g/mol. The van der Waals surface area contributed by atoms with Crippen molar-refractivity contribution in [2.45, 2.75) is 64.9 Å². The molecule has 2 fully saturated rings. The van der Waals surface area contributed by atoms with Crippen molar-refractivity contribution < 1.29 is 5.11 Å². The second-order valence-corrected chi connectivity index (χ2v) is 6.30. The maximum atomic E-state index is 9.99. The summed E-state index contributed by atoms with van der Waals surface area (Å²) in [5.74, 6) is 3.60. The number of fused-ring (bicyclic) bond motifs is 2. The Hall–Kier alpha value is -0.0400. The maximum absolute atomic E-state index is 9.99. The smallest absolute Gasteiger partial charge is 0.0543 e. The average Bonchev–Trinajstić information content (AvgIpc) is 2.76. The predicted molar refractivity (Wildman–Crippen MR) is 63.6 cm³/mol. The summed E-state index contributed by atoms with van der Waals surface area (Å²) in [6.45, 7) is 4.48. The second-order valence-electron chi connectivity index (χ2n) is 6.30. The van der Waals surface area contributed by atoms with E-state index in [1.807, 2.05) is 0 Å². The van der Waals surface area contributed by atoms with Gasteiger partial charge >= 0.3 is 0 Å². The van der Waals surface area contributed by atoms with E-state index in [4.69, 9.17) is 0 Å². The number of hydrogen-bond acceptors (Lipinski definition) is 1. The molecule has 2 bridgehead atoms. The van der Waals surface area contributed by atoms with Crippen LogP contribution in [0.2, 0.25) is 0 Å². The fourth-order valence-corrected chi connectivity index (χ4v) is 3.66. The first-order chi connectivity index (χ1) is 7.15. The van der Waals surface area contributed by atoms with Gasteiger partial charge in [0, 0.05) is 0 Å². The van der Waals surface area contributed by atoms with Gasteiger partial charge in [-0.3, -0.25) is 0 Å². The van der Waals surface area contributed by atoms with Gasteiger partial charge in [0.1, 0.15) is 0 Å². The Morgan fingerprint density at radius 1 is 1.13 bits per heavy atom. The molecule has 2 aliphatic carbocycles. The highest BCUT2D eigenvalue weighted by atomic mass is 16.3. The van der Waals surface area contributed by atoms with Gasteiger partial charge in [-0.1, -0.05) is 20.3 Å². The first-order valence-electron chi connectivity index (χ1n) is 6.83. The van der Waals surface area contributed by atoms with Crippen molar-refractivity contribution in [3.05, 3.63) is 0 Å². The zero-order valence-electron chi connectivity index (χ0n) is 10.3. The molecule has 0 amide bonds. The van der Waals surface area contributed by atoms with Crippen molar-refractivity contribution in [2.24, 2.45) is 23.7 Å². The Kier molecular flexibility index (Phi) is 3.71. The molecule has 0 heterocycles. The van der Waals surface area contributed by atoms with Crippen LogP contribution in [0, 0.1) is 23.7 Å². The van der Waals surface area contributed by atoms with E-state index < -0.39 is 0 Å². The lowest BCUT2D eigenvalue weighted by Crippen LogP contribution is -2.18. The molecule has 0 radical (unpaired) electrons. The topological polar surface area (TPSA) is 20.2 Å². The Morgan fingerprint density at radius 2 is 1.93 bits per heavy atom. The van der Waals surface area contributed by atoms with Gasteiger partial charge in [-0.2, -0.15) is 0 Å². The van der Waals surface area contributed by atoms with Gasteiger partial charge in [0.15, 0.2) is 0 Å². The zero-order chi connectivity index (χ0) is 10.8. The van der Waals surface area contributed by atoms with E-state index in [0.717, 1.165) is 36.5 Å². The van der Waals surface area contributed by atoms with Gasteiger partial charge in [0.05, 0.1) is 6.10 Å². The fraction of sp³-hybridized carbons (Fsp3) is 1.00. The van der Waals surface area contributed by atoms with Gasteiger partial charge in [-0.05, 0) is 62.2 Å². The molecule has 2 saturated carbocycles. The van der Waals surface area contributed by atoms with Gasteiger partial charge < -0.3 is 5.11 Å². The molecule has 88 valence electrons. The number of aliphatic hydroxyl groups is 1. The van der Waals surface area contributed by atoms with E-state index in [2.05, 4.69) is 13.8 Å². The van der Waals surface area contributed by atoms with E-state index in [0.29, 0.717) is 0 Å². The Bertz CT molecular complexity index is 200. The van der Waals surface area contributed by atoms with Crippen molar-refractivity contribution in [3.8, 4) is 0 Å². The molecule has 0 saturated heterocycles. The molecule has 0 aromatic rings. The van der Waals surface area contributed by atoms with Crippen molar-refractivity contribution in [1.29, 1.82) is 0 Å². The summed E-state index contributed by atoms with van der Waals surface area (Å²) in [4.78, 5) is 0. The molecule has 0 aromatic carbocycles. The van der Waals surface area contributed by atoms with Crippen molar-refractivity contribution in [2.75, 3.05) is 0 Å². The quantitative estimate of drug-likeness (QED) is 0.735. The van der Waals surface area contributed by atoms with Crippen LogP contribution in [0.1, 0.15) is 58.8 Å². The summed E-state index contributed by atoms with van der Waals surface area (Å²) in [7, 11) is 0. The molecule has 0 spiro atoms. The third-order valence-corrected chi connectivity index (χ3v) is 4.54. The first kappa shape index (κ1) is 11.4. The van der Waals surface area contributed by atoms with E-state index in [-0.39, 0.29) is 6.10 Å². The van der Waals surface area contributed by atoms with Crippen molar-refractivity contribution in [1.82, 2.24) is 0 Å². The summed E-state index contributed by atoms with van der Waals surface area (Å²) in [6.07, 6.45) is 9.10. The lowest BCUT2D eigenvalue weighted by atomic mass is 9.84. The van der Waals surface area contributed by atoms with Crippen LogP contribution < -0.4 is 0 Å². The van der Waals surface area contributed by atoms with E-state index in [9.17, 15) is 5.11 Å². The van der Waals surface area contributed by atoms with Gasteiger partial charge in [-0.15, -0.1) is 0 Å². The van der Waals surface area contributed by atoms with Crippen LogP contribution in [0.15, 0.2) is 0 Å². The van der Waals surface area contributed by atoms with Crippen LogP contribution in [0.3, 0.4) is 0 Å². The highest BCUT2D eigenvalue weighted by molar-refractivity contribution is 4.90. The standard InChI is InChI=1S/C14H26O/c1-10(2)3-6-14(15)9-13-8-11-4-5-12(13)7-11/h10-15H,3-9H2,1-2H3. The molecule has 0 aromatic heterocycles. The maximum Gasteiger partial charge on any atom is 0.0543 e. The summed E-state index contributed by atoms with van der Waals surface area (Å²) in [6, 6.07) is 0. The molecule has 2 aliphatic rings. The summed E-state index contributed by atoms with van der Waals surface area (Å²) >= 11 is 0. The molecule has 1 heteroatoms. The minimum atomic E-state index is -0.0169. The summed E-state index contributed by atoms with van der Waals surface area (Å²) in [5.41, 5.74) is 0. The highest BCUT2D eigenvalue weighted by Gasteiger charge is 2.39. The fourth-order valence-electron chi connectivity index (χ4n) is 3.66. The highest BCUT2D eigenvalue weighted by Crippen LogP contribution is 2.50. The lowest BCUT2D eigenvalue weighted by molar-refractivity contribution is 0.111. The predicted octanol–water partition coefficient (Wildman–Crippen LogP) is 3.61. The van der Waals surface area contributed by atoms with Gasteiger partial charge in [0.25, 0.3) is 0 Å². The number of aliphatic hydroxyl groups excluding tert-OH is 1. The Morgan fingerprint density at radius 3 is 2.47 bits per heavy atom. The first-order valence-corrected chi connectivity index (χ1v) is 6.83. The molecule has 1 N–H and O–H groups in total. The Labute approximate surface area is 94.3 Å². The molecular weight excluding hydrogens is 184 g/mol. The van der Waals surface area contributed by atoms with Crippen LogP contribution in [-0.4, -0.2) is 11.2 Å². The molecule has 4 unspecified atom stereocenters. The average molecular weight is 210 g/mol. The van der Waals surface area contributed by atoms with Crippen molar-refractivity contribution >= 4 is 0 Å². The van der Waals surface area contributed by atoms with Crippen LogP contribution in [0.25, 0.3) is 0 Å². The van der Waals surface area contributed by atoms with E-state index >= 15 is 0 Å². The third kappa shape index (κ3) is 2.96. The summed E-state index contributed by atoms with van der Waals surface area (Å²) < 4.78 is 0. The minimum Gasteiger partial charge on any atom is -0.393 e. The van der Waals surface area contributed by atoms with Crippen LogP contribution in [0.5, 0.6) is 0 Å². The van der Waals surface area contributed by atoms with Crippen LogP contribution in [-0.2, 0) is 0 Å². The lowest BCUT2D eigenvalue weighted by Gasteiger charge is -2.24.